The van der Waals surface area contributed by atoms with Gasteiger partial charge in [-0.1, -0.05) is 13.0 Å². The largest absolute Gasteiger partial charge is 0.330 e. The highest BCUT2D eigenvalue weighted by molar-refractivity contribution is 7.89. The summed E-state index contributed by atoms with van der Waals surface area (Å²) < 4.78 is 26.8. The number of rotatable bonds is 4. The lowest BCUT2D eigenvalue weighted by Gasteiger charge is -2.22. The van der Waals surface area contributed by atoms with Crippen LogP contribution in [0.1, 0.15) is 18.9 Å². The van der Waals surface area contributed by atoms with Crippen molar-refractivity contribution in [1.29, 1.82) is 0 Å². The van der Waals surface area contributed by atoms with Gasteiger partial charge in [0.15, 0.2) is 0 Å². The van der Waals surface area contributed by atoms with Gasteiger partial charge in [-0.2, -0.15) is 4.31 Å². The Bertz CT molecular complexity index is 680. The first kappa shape index (κ1) is 18.8. The van der Waals surface area contributed by atoms with Gasteiger partial charge in [0, 0.05) is 24.7 Å². The van der Waals surface area contributed by atoms with Gasteiger partial charge in [0.2, 0.25) is 10.0 Å². The molecule has 1 aromatic carbocycles. The van der Waals surface area contributed by atoms with E-state index < -0.39 is 14.9 Å². The van der Waals surface area contributed by atoms with E-state index in [0.717, 1.165) is 0 Å². The molecule has 0 amide bonds. The first-order valence-corrected chi connectivity index (χ1v) is 8.09. The van der Waals surface area contributed by atoms with Crippen LogP contribution in [0.4, 0.5) is 5.69 Å². The van der Waals surface area contributed by atoms with Gasteiger partial charge in [-0.15, -0.1) is 12.4 Å². The van der Waals surface area contributed by atoms with Gasteiger partial charge in [0.1, 0.15) is 0 Å². The standard InChI is InChI=1S/C13H19N3O4S.ClH/c1-10-11(16(17)18)4-3-5-12(10)21(19,20)15-7-6-13(2,8-14)9-15;/h3-5H,6-9,14H2,1-2H3;1H. The minimum Gasteiger partial charge on any atom is -0.330 e. The summed E-state index contributed by atoms with van der Waals surface area (Å²) in [6.45, 7) is 4.55. The molecule has 0 aromatic heterocycles. The van der Waals surface area contributed by atoms with Crippen molar-refractivity contribution in [3.63, 3.8) is 0 Å². The van der Waals surface area contributed by atoms with Crippen LogP contribution in [-0.2, 0) is 10.0 Å². The molecule has 0 bridgehead atoms. The molecule has 1 aliphatic heterocycles. The van der Waals surface area contributed by atoms with Gasteiger partial charge in [-0.25, -0.2) is 8.42 Å². The summed E-state index contributed by atoms with van der Waals surface area (Å²) in [4.78, 5) is 10.4. The van der Waals surface area contributed by atoms with Crippen molar-refractivity contribution in [2.75, 3.05) is 19.6 Å². The summed E-state index contributed by atoms with van der Waals surface area (Å²) in [5.74, 6) is 0. The number of sulfonamides is 1. The monoisotopic (exact) mass is 349 g/mol. The number of hydrogen-bond donors (Lipinski definition) is 1. The Hall–Kier alpha value is -1.22. The highest BCUT2D eigenvalue weighted by atomic mass is 35.5. The lowest BCUT2D eigenvalue weighted by molar-refractivity contribution is -0.385. The van der Waals surface area contributed by atoms with Gasteiger partial charge >= 0.3 is 0 Å². The van der Waals surface area contributed by atoms with Crippen LogP contribution in [0.25, 0.3) is 0 Å². The van der Waals surface area contributed by atoms with E-state index in [1.165, 1.54) is 29.4 Å². The molecule has 0 aliphatic carbocycles. The molecule has 1 saturated heterocycles. The van der Waals surface area contributed by atoms with Gasteiger partial charge in [0.25, 0.3) is 5.69 Å². The molecule has 1 unspecified atom stereocenters. The Morgan fingerprint density at radius 2 is 2.09 bits per heavy atom. The molecule has 2 N–H and O–H groups in total. The fourth-order valence-corrected chi connectivity index (χ4v) is 4.40. The SMILES string of the molecule is Cc1c([N+](=O)[O-])cccc1S(=O)(=O)N1CCC(C)(CN)C1.Cl. The summed E-state index contributed by atoms with van der Waals surface area (Å²) in [7, 11) is -3.73. The fraction of sp³-hybridized carbons (Fsp3) is 0.538. The number of nitrogens with two attached hydrogens (primary N) is 1. The Morgan fingerprint density at radius 1 is 1.45 bits per heavy atom. The van der Waals surface area contributed by atoms with Gasteiger partial charge in [-0.3, -0.25) is 10.1 Å². The van der Waals surface area contributed by atoms with E-state index in [4.69, 9.17) is 5.73 Å². The van der Waals surface area contributed by atoms with Crippen molar-refractivity contribution in [1.82, 2.24) is 4.31 Å². The van der Waals surface area contributed by atoms with Crippen LogP contribution < -0.4 is 5.73 Å². The molecule has 9 heteroatoms. The van der Waals surface area contributed by atoms with E-state index in [1.54, 1.807) is 0 Å². The number of nitrogens with zero attached hydrogens (tertiary/aromatic N) is 2. The third-order valence-corrected chi connectivity index (χ3v) is 6.08. The average molecular weight is 350 g/mol. The smallest absolute Gasteiger partial charge is 0.273 e. The van der Waals surface area contributed by atoms with Crippen molar-refractivity contribution < 1.29 is 13.3 Å². The van der Waals surface area contributed by atoms with Crippen molar-refractivity contribution >= 4 is 28.1 Å². The molecule has 0 saturated carbocycles. The van der Waals surface area contributed by atoms with Crippen LogP contribution in [-0.4, -0.2) is 37.3 Å². The summed E-state index contributed by atoms with van der Waals surface area (Å²) in [5.41, 5.74) is 5.45. The molecule has 2 rings (SSSR count). The average Bonchev–Trinajstić information content (AvgIpc) is 2.82. The molecule has 22 heavy (non-hydrogen) atoms. The van der Waals surface area contributed by atoms with Crippen LogP contribution >= 0.6 is 12.4 Å². The minimum atomic E-state index is -3.73. The zero-order chi connectivity index (χ0) is 15.8. The second-order valence-corrected chi connectivity index (χ2v) is 7.67. The topological polar surface area (TPSA) is 107 Å². The van der Waals surface area contributed by atoms with Crippen LogP contribution in [0.5, 0.6) is 0 Å². The fourth-order valence-electron chi connectivity index (χ4n) is 2.57. The third-order valence-electron chi connectivity index (χ3n) is 4.09. The maximum Gasteiger partial charge on any atom is 0.273 e. The Morgan fingerprint density at radius 3 is 2.59 bits per heavy atom. The molecule has 124 valence electrons. The van der Waals surface area contributed by atoms with E-state index in [1.807, 2.05) is 6.92 Å². The molecular formula is C13H20ClN3O4S. The molecule has 1 fully saturated rings. The summed E-state index contributed by atoms with van der Waals surface area (Å²) >= 11 is 0. The predicted molar refractivity (Wildman–Crippen MR) is 85.6 cm³/mol. The molecular weight excluding hydrogens is 330 g/mol. The maximum atomic E-state index is 12.7. The van der Waals surface area contributed by atoms with Crippen molar-refractivity contribution in [3.8, 4) is 0 Å². The Labute approximate surface area is 136 Å². The van der Waals surface area contributed by atoms with Gasteiger partial charge in [-0.05, 0) is 31.4 Å². The Kier molecular flexibility index (Phi) is 5.56. The van der Waals surface area contributed by atoms with E-state index in [2.05, 4.69) is 0 Å². The third kappa shape index (κ3) is 3.24. The predicted octanol–water partition coefficient (Wildman–Crippen LogP) is 1.68. The molecule has 1 atom stereocenters. The number of halogens is 1. The number of benzene rings is 1. The Balaban J connectivity index is 0.00000242. The molecule has 1 aromatic rings. The second-order valence-electron chi connectivity index (χ2n) is 5.76. The first-order valence-electron chi connectivity index (χ1n) is 6.65. The molecule has 0 spiro atoms. The highest BCUT2D eigenvalue weighted by Gasteiger charge is 2.40. The first-order chi connectivity index (χ1) is 9.71. The van der Waals surface area contributed by atoms with Gasteiger partial charge in [0.05, 0.1) is 9.82 Å². The van der Waals surface area contributed by atoms with E-state index >= 15 is 0 Å². The van der Waals surface area contributed by atoms with E-state index in [0.29, 0.717) is 26.1 Å². The zero-order valence-corrected chi connectivity index (χ0v) is 14.1. The molecule has 7 nitrogen and oxygen atoms in total. The highest BCUT2D eigenvalue weighted by Crippen LogP contribution is 2.34. The molecule has 1 heterocycles. The minimum absolute atomic E-state index is 0. The normalized spacial score (nSPS) is 22.3. The lowest BCUT2D eigenvalue weighted by atomic mass is 9.90. The zero-order valence-electron chi connectivity index (χ0n) is 12.5. The number of nitro groups is 1. The molecule has 1 aliphatic rings. The van der Waals surface area contributed by atoms with Crippen molar-refractivity contribution in [2.45, 2.75) is 25.2 Å². The van der Waals surface area contributed by atoms with Crippen LogP contribution in [0.3, 0.4) is 0 Å². The second kappa shape index (κ2) is 6.49. The summed E-state index contributed by atoms with van der Waals surface area (Å²) in [6.07, 6.45) is 0.691. The van der Waals surface area contributed by atoms with Crippen LogP contribution in [0, 0.1) is 22.5 Å². The summed E-state index contributed by atoms with van der Waals surface area (Å²) in [6, 6.07) is 4.12. The van der Waals surface area contributed by atoms with Crippen molar-refractivity contribution in [3.05, 3.63) is 33.9 Å². The van der Waals surface area contributed by atoms with E-state index in [9.17, 15) is 18.5 Å². The summed E-state index contributed by atoms with van der Waals surface area (Å²) in [5, 5.41) is 11.0. The number of hydrogen-bond acceptors (Lipinski definition) is 5. The van der Waals surface area contributed by atoms with Gasteiger partial charge < -0.3 is 5.73 Å². The lowest BCUT2D eigenvalue weighted by Crippen LogP contribution is -2.34. The quantitative estimate of drug-likeness (QED) is 0.657. The van der Waals surface area contributed by atoms with Crippen molar-refractivity contribution in [2.24, 2.45) is 11.1 Å². The van der Waals surface area contributed by atoms with Crippen LogP contribution in [0.2, 0.25) is 0 Å². The maximum absolute atomic E-state index is 12.7. The number of nitro benzene ring substituents is 1. The van der Waals surface area contributed by atoms with E-state index in [-0.39, 0.29) is 34.0 Å². The van der Waals surface area contributed by atoms with Crippen LogP contribution in [0.15, 0.2) is 23.1 Å². The molecule has 0 radical (unpaired) electrons.